The predicted octanol–water partition coefficient (Wildman–Crippen LogP) is 3.47. The van der Waals surface area contributed by atoms with Crippen molar-refractivity contribution in [3.8, 4) is 5.75 Å². The number of methoxy groups -OCH3 is 1. The summed E-state index contributed by atoms with van der Waals surface area (Å²) < 4.78 is 5.19. The van der Waals surface area contributed by atoms with Gasteiger partial charge in [-0.05, 0) is 47.9 Å². The van der Waals surface area contributed by atoms with Gasteiger partial charge >= 0.3 is 0 Å². The van der Waals surface area contributed by atoms with E-state index in [9.17, 15) is 0 Å². The fourth-order valence-corrected chi connectivity index (χ4v) is 1.70. The molecule has 0 aliphatic heterocycles. The molecule has 1 nitrogen and oxygen atoms in total. The first-order valence-corrected chi connectivity index (χ1v) is 4.76. The lowest BCUT2D eigenvalue weighted by Crippen LogP contribution is -1.86. The summed E-state index contributed by atoms with van der Waals surface area (Å²) in [5.41, 5.74) is 2.69. The highest BCUT2D eigenvalue weighted by Gasteiger charge is 2.00. The fourth-order valence-electron chi connectivity index (χ4n) is 1.70. The lowest BCUT2D eigenvalue weighted by molar-refractivity contribution is 0.415. The van der Waals surface area contributed by atoms with Crippen molar-refractivity contribution in [3.05, 3.63) is 41.5 Å². The van der Waals surface area contributed by atoms with Crippen LogP contribution in [0.1, 0.15) is 11.1 Å². The molecule has 0 aliphatic rings. The smallest absolute Gasteiger partial charge is 0.119 e. The summed E-state index contributed by atoms with van der Waals surface area (Å²) in [6, 6.07) is 10.5. The summed E-state index contributed by atoms with van der Waals surface area (Å²) >= 11 is 0. The van der Waals surface area contributed by atoms with Gasteiger partial charge in [-0.25, -0.2) is 0 Å². The Kier molecular flexibility index (Phi) is 2.16. The van der Waals surface area contributed by atoms with Crippen LogP contribution in [0.4, 0.5) is 0 Å². The number of rotatable bonds is 1. The quantitative estimate of drug-likeness (QED) is 0.662. The van der Waals surface area contributed by atoms with E-state index in [-0.39, 0.29) is 0 Å². The number of aryl methyl sites for hydroxylation is 2. The van der Waals surface area contributed by atoms with Gasteiger partial charge in [0.1, 0.15) is 5.75 Å². The maximum atomic E-state index is 5.19. The minimum absolute atomic E-state index is 0.917. The Labute approximate surface area is 84.3 Å². The molecule has 0 saturated heterocycles. The molecular formula is C13H14O. The zero-order chi connectivity index (χ0) is 10.1. The second kappa shape index (κ2) is 3.33. The molecular weight excluding hydrogens is 172 g/mol. The molecule has 1 heteroatoms. The third-order valence-electron chi connectivity index (χ3n) is 2.77. The number of ether oxygens (including phenoxy) is 1. The van der Waals surface area contributed by atoms with Crippen LogP contribution in [-0.4, -0.2) is 7.11 Å². The molecule has 72 valence electrons. The summed E-state index contributed by atoms with van der Waals surface area (Å²) in [5, 5.41) is 2.55. The molecule has 0 aliphatic carbocycles. The van der Waals surface area contributed by atoms with Gasteiger partial charge in [-0.15, -0.1) is 0 Å². The highest BCUT2D eigenvalue weighted by Crippen LogP contribution is 2.25. The maximum Gasteiger partial charge on any atom is 0.119 e. The molecule has 14 heavy (non-hydrogen) atoms. The Morgan fingerprint density at radius 1 is 1.00 bits per heavy atom. The van der Waals surface area contributed by atoms with Gasteiger partial charge < -0.3 is 4.74 Å². The van der Waals surface area contributed by atoms with E-state index in [1.807, 2.05) is 6.07 Å². The summed E-state index contributed by atoms with van der Waals surface area (Å²) in [6.07, 6.45) is 0. The number of hydrogen-bond acceptors (Lipinski definition) is 1. The van der Waals surface area contributed by atoms with E-state index in [0.29, 0.717) is 0 Å². The van der Waals surface area contributed by atoms with E-state index < -0.39 is 0 Å². The minimum Gasteiger partial charge on any atom is -0.497 e. The van der Waals surface area contributed by atoms with Crippen molar-refractivity contribution in [3.63, 3.8) is 0 Å². The molecule has 0 spiro atoms. The van der Waals surface area contributed by atoms with Gasteiger partial charge in [-0.3, -0.25) is 0 Å². The van der Waals surface area contributed by atoms with E-state index in [4.69, 9.17) is 4.74 Å². The molecule has 2 aromatic carbocycles. The maximum absolute atomic E-state index is 5.19. The zero-order valence-electron chi connectivity index (χ0n) is 8.79. The lowest BCUT2D eigenvalue weighted by Gasteiger charge is -2.07. The van der Waals surface area contributed by atoms with Crippen molar-refractivity contribution in [2.75, 3.05) is 7.11 Å². The van der Waals surface area contributed by atoms with Gasteiger partial charge in [0, 0.05) is 0 Å². The van der Waals surface area contributed by atoms with Crippen molar-refractivity contribution in [2.24, 2.45) is 0 Å². The molecule has 0 atom stereocenters. The first-order chi connectivity index (χ1) is 6.72. The monoisotopic (exact) mass is 186 g/mol. The summed E-state index contributed by atoms with van der Waals surface area (Å²) in [5.74, 6) is 0.917. The highest BCUT2D eigenvalue weighted by atomic mass is 16.5. The van der Waals surface area contributed by atoms with Crippen LogP contribution in [0.3, 0.4) is 0 Å². The van der Waals surface area contributed by atoms with Crippen LogP contribution in [0.15, 0.2) is 30.3 Å². The Hall–Kier alpha value is -1.50. The largest absolute Gasteiger partial charge is 0.497 e. The van der Waals surface area contributed by atoms with E-state index in [1.165, 1.54) is 21.9 Å². The summed E-state index contributed by atoms with van der Waals surface area (Å²) in [4.78, 5) is 0. The number of fused-ring (bicyclic) bond motifs is 1. The SMILES string of the molecule is COc1ccc2c(C)c(C)ccc2c1. The van der Waals surface area contributed by atoms with Crippen LogP contribution < -0.4 is 4.74 Å². The van der Waals surface area contributed by atoms with E-state index >= 15 is 0 Å². The molecule has 0 saturated carbocycles. The molecule has 0 heterocycles. The Morgan fingerprint density at radius 2 is 1.79 bits per heavy atom. The van der Waals surface area contributed by atoms with Crippen LogP contribution in [-0.2, 0) is 0 Å². The Bertz CT molecular complexity index is 472. The van der Waals surface area contributed by atoms with Crippen LogP contribution in [0, 0.1) is 13.8 Å². The Morgan fingerprint density at radius 3 is 2.50 bits per heavy atom. The van der Waals surface area contributed by atoms with Gasteiger partial charge in [0.15, 0.2) is 0 Å². The van der Waals surface area contributed by atoms with Crippen molar-refractivity contribution in [2.45, 2.75) is 13.8 Å². The Balaban J connectivity index is 2.74. The van der Waals surface area contributed by atoms with Crippen LogP contribution in [0.5, 0.6) is 5.75 Å². The van der Waals surface area contributed by atoms with Crippen LogP contribution in [0.2, 0.25) is 0 Å². The molecule has 0 bridgehead atoms. The van der Waals surface area contributed by atoms with E-state index in [1.54, 1.807) is 7.11 Å². The molecule has 0 unspecified atom stereocenters. The number of hydrogen-bond donors (Lipinski definition) is 0. The molecule has 0 aromatic heterocycles. The minimum atomic E-state index is 0.917. The van der Waals surface area contributed by atoms with Crippen molar-refractivity contribution >= 4 is 10.8 Å². The van der Waals surface area contributed by atoms with E-state index in [2.05, 4.69) is 38.1 Å². The van der Waals surface area contributed by atoms with Gasteiger partial charge in [-0.1, -0.05) is 18.2 Å². The average molecular weight is 186 g/mol. The topological polar surface area (TPSA) is 9.23 Å². The third kappa shape index (κ3) is 1.35. The highest BCUT2D eigenvalue weighted by molar-refractivity contribution is 5.87. The van der Waals surface area contributed by atoms with Gasteiger partial charge in [-0.2, -0.15) is 0 Å². The first kappa shape index (κ1) is 9.07. The molecule has 0 N–H and O–H groups in total. The second-order valence-corrected chi connectivity index (χ2v) is 3.59. The lowest BCUT2D eigenvalue weighted by atomic mass is 10.0. The van der Waals surface area contributed by atoms with E-state index in [0.717, 1.165) is 5.75 Å². The number of benzene rings is 2. The predicted molar refractivity (Wildman–Crippen MR) is 60.0 cm³/mol. The first-order valence-electron chi connectivity index (χ1n) is 4.76. The molecule has 2 aromatic rings. The van der Waals surface area contributed by atoms with Crippen LogP contribution in [0.25, 0.3) is 10.8 Å². The van der Waals surface area contributed by atoms with Crippen molar-refractivity contribution in [1.29, 1.82) is 0 Å². The third-order valence-corrected chi connectivity index (χ3v) is 2.77. The van der Waals surface area contributed by atoms with Crippen molar-refractivity contribution < 1.29 is 4.74 Å². The second-order valence-electron chi connectivity index (χ2n) is 3.59. The van der Waals surface area contributed by atoms with Gasteiger partial charge in [0.05, 0.1) is 7.11 Å². The average Bonchev–Trinajstić information content (AvgIpc) is 2.23. The van der Waals surface area contributed by atoms with Gasteiger partial charge in [0.2, 0.25) is 0 Å². The molecule has 2 rings (SSSR count). The standard InChI is InChI=1S/C13H14O/c1-9-4-5-11-8-12(14-3)6-7-13(11)10(9)2/h4-8H,1-3H3. The normalized spacial score (nSPS) is 10.5. The molecule has 0 radical (unpaired) electrons. The van der Waals surface area contributed by atoms with Crippen LogP contribution >= 0.6 is 0 Å². The molecule has 0 amide bonds. The summed E-state index contributed by atoms with van der Waals surface area (Å²) in [6.45, 7) is 4.29. The summed E-state index contributed by atoms with van der Waals surface area (Å²) in [7, 11) is 1.70. The zero-order valence-corrected chi connectivity index (χ0v) is 8.79. The molecule has 0 fully saturated rings. The van der Waals surface area contributed by atoms with Gasteiger partial charge in [0.25, 0.3) is 0 Å². The fraction of sp³-hybridized carbons (Fsp3) is 0.231. The van der Waals surface area contributed by atoms with Crippen molar-refractivity contribution in [1.82, 2.24) is 0 Å².